The lowest BCUT2D eigenvalue weighted by Crippen LogP contribution is -3.61. The number of para-hydroxylation sites is 1. The van der Waals surface area contributed by atoms with Crippen LogP contribution in [0.15, 0.2) is 91.2 Å². The van der Waals surface area contributed by atoms with E-state index in [2.05, 4.69) is 0 Å². The molecule has 0 unspecified atom stereocenters. The zero-order valence-electron chi connectivity index (χ0n) is 14.3. The highest BCUT2D eigenvalue weighted by atomic mass is 127. The minimum atomic E-state index is -0.530. The first-order valence-corrected chi connectivity index (χ1v) is 10.5. The molecule has 4 nitrogen and oxygen atoms in total. The monoisotopic (exact) mass is 546 g/mol. The Morgan fingerprint density at radius 1 is 0.643 bits per heavy atom. The third-order valence-electron chi connectivity index (χ3n) is 4.34. The Hall–Kier alpha value is -2.45. The minimum Gasteiger partial charge on any atom is -1.00 e. The molecular weight excluding hydrogens is 535 g/mol. The summed E-state index contributed by atoms with van der Waals surface area (Å²) < 4.78 is 13.4. The third-order valence-corrected chi connectivity index (χ3v) is 6.93. The van der Waals surface area contributed by atoms with Crippen molar-refractivity contribution in [2.45, 2.75) is 0 Å². The van der Waals surface area contributed by atoms with E-state index in [9.17, 15) is 9.59 Å². The van der Waals surface area contributed by atoms with Crippen molar-refractivity contribution < 1.29 is 47.0 Å². The van der Waals surface area contributed by atoms with E-state index in [4.69, 9.17) is 8.83 Å². The van der Waals surface area contributed by atoms with Crippen molar-refractivity contribution in [2.24, 2.45) is 0 Å². The fourth-order valence-corrected chi connectivity index (χ4v) is 5.40. The Labute approximate surface area is 179 Å². The predicted octanol–water partition coefficient (Wildman–Crippen LogP) is -1.81. The molecule has 0 spiro atoms. The highest BCUT2D eigenvalue weighted by Gasteiger charge is 2.19. The summed E-state index contributed by atoms with van der Waals surface area (Å²) in [6.07, 6.45) is 0. The van der Waals surface area contributed by atoms with E-state index >= 15 is 0 Å². The van der Waals surface area contributed by atoms with E-state index in [1.165, 1.54) is 6.07 Å². The summed E-state index contributed by atoms with van der Waals surface area (Å²) in [6.45, 7) is 0. The number of hydrogen-bond donors (Lipinski definition) is 0. The van der Waals surface area contributed by atoms with Gasteiger partial charge in [-0.05, 0) is 42.5 Å². The second-order valence-corrected chi connectivity index (χ2v) is 9.13. The molecule has 0 amide bonds. The zero-order chi connectivity index (χ0) is 18.4. The van der Waals surface area contributed by atoms with Gasteiger partial charge >= 0.3 is 26.8 Å². The van der Waals surface area contributed by atoms with Crippen LogP contribution in [0.1, 0.15) is 0 Å². The van der Waals surface area contributed by atoms with Crippen LogP contribution in [0, 0.1) is 7.14 Å². The Morgan fingerprint density at radius 2 is 1.36 bits per heavy atom. The molecule has 3 aromatic carbocycles. The van der Waals surface area contributed by atoms with Crippen molar-refractivity contribution in [3.8, 4) is 0 Å². The van der Waals surface area contributed by atoms with E-state index in [-0.39, 0.29) is 28.0 Å². The topological polar surface area (TPSA) is 60.4 Å². The van der Waals surface area contributed by atoms with Gasteiger partial charge in [0, 0.05) is 23.6 Å². The van der Waals surface area contributed by atoms with Crippen molar-refractivity contribution in [3.63, 3.8) is 0 Å². The molecule has 2 aromatic heterocycles. The van der Waals surface area contributed by atoms with Gasteiger partial charge in [-0.2, -0.15) is 0 Å². The van der Waals surface area contributed by atoms with Crippen LogP contribution < -0.4 is 49.2 Å². The molecule has 0 radical (unpaired) electrons. The van der Waals surface area contributed by atoms with E-state index < -0.39 is 21.2 Å². The summed E-state index contributed by atoms with van der Waals surface area (Å²) in [5.74, 6) is 0. The summed E-state index contributed by atoms with van der Waals surface area (Å²) in [6, 6.07) is 22.2. The molecule has 0 fully saturated rings. The van der Waals surface area contributed by atoms with Gasteiger partial charge in [-0.3, -0.25) is 4.79 Å². The Bertz CT molecular complexity index is 1450. The summed E-state index contributed by atoms with van der Waals surface area (Å²) in [5.41, 5.74) is 1.42. The first-order chi connectivity index (χ1) is 13.2. The fourth-order valence-electron chi connectivity index (χ4n) is 3.05. The van der Waals surface area contributed by atoms with Crippen LogP contribution in [0.4, 0.5) is 0 Å². The largest absolute Gasteiger partial charge is 1.00 e. The Morgan fingerprint density at radius 3 is 2.25 bits per heavy atom. The number of hydrogen-bond acceptors (Lipinski definition) is 4. The molecule has 0 saturated carbocycles. The molecule has 138 valence electrons. The van der Waals surface area contributed by atoms with E-state index in [0.29, 0.717) is 27.5 Å². The molecule has 2 heterocycles. The van der Waals surface area contributed by atoms with Gasteiger partial charge in [-0.15, -0.1) is 0 Å². The third kappa shape index (κ3) is 3.38. The van der Waals surface area contributed by atoms with Gasteiger partial charge in [0.05, 0.1) is 10.8 Å². The quantitative estimate of drug-likeness (QED) is 0.149. The molecular formula is C22H12BrIO4. The van der Waals surface area contributed by atoms with Gasteiger partial charge < -0.3 is 25.8 Å². The van der Waals surface area contributed by atoms with Crippen LogP contribution in [0.2, 0.25) is 0 Å². The van der Waals surface area contributed by atoms with Gasteiger partial charge in [0.2, 0.25) is 5.43 Å². The first-order valence-electron chi connectivity index (χ1n) is 8.32. The van der Waals surface area contributed by atoms with Gasteiger partial charge in [0.1, 0.15) is 16.7 Å². The van der Waals surface area contributed by atoms with Gasteiger partial charge in [0.15, 0.2) is 7.14 Å². The van der Waals surface area contributed by atoms with Gasteiger partial charge in [0.25, 0.3) is 0 Å². The van der Waals surface area contributed by atoms with Gasteiger partial charge in [-0.25, -0.2) is 4.79 Å². The normalized spacial score (nSPS) is 11.0. The highest BCUT2D eigenvalue weighted by Crippen LogP contribution is 2.17. The van der Waals surface area contributed by atoms with E-state index in [0.717, 1.165) is 12.5 Å². The molecule has 0 atom stereocenters. The maximum Gasteiger partial charge on any atom is 0.358 e. The summed E-state index contributed by atoms with van der Waals surface area (Å²) in [5, 5.41) is 2.08. The average Bonchev–Trinajstić information content (AvgIpc) is 2.68. The number of halogens is 2. The summed E-state index contributed by atoms with van der Waals surface area (Å²) in [7, 11) is 0. The first kappa shape index (κ1) is 18.9. The van der Waals surface area contributed by atoms with Crippen LogP contribution >= 0.6 is 0 Å². The molecule has 6 heteroatoms. The smallest absolute Gasteiger partial charge is 0.358 e. The van der Waals surface area contributed by atoms with Crippen LogP contribution in [0.25, 0.3) is 32.9 Å². The molecule has 28 heavy (non-hydrogen) atoms. The fraction of sp³-hybridized carbons (Fsp3) is 0. The lowest BCUT2D eigenvalue weighted by Gasteiger charge is -2.00. The Balaban J connectivity index is 0.00000192. The second kappa shape index (κ2) is 7.52. The van der Waals surface area contributed by atoms with Crippen LogP contribution in [-0.2, 0) is 0 Å². The van der Waals surface area contributed by atoms with Crippen molar-refractivity contribution in [1.82, 2.24) is 0 Å². The maximum absolute atomic E-state index is 12.8. The molecule has 0 aliphatic heterocycles. The minimum absolute atomic E-state index is 0. The maximum atomic E-state index is 12.8. The molecule has 5 rings (SSSR count). The van der Waals surface area contributed by atoms with Crippen molar-refractivity contribution in [3.05, 3.63) is 101 Å². The zero-order valence-corrected chi connectivity index (χ0v) is 18.1. The predicted molar refractivity (Wildman–Crippen MR) is 99.9 cm³/mol. The second-order valence-electron chi connectivity index (χ2n) is 6.10. The van der Waals surface area contributed by atoms with Crippen molar-refractivity contribution in [1.29, 1.82) is 0 Å². The number of rotatable bonds is 2. The van der Waals surface area contributed by atoms with Crippen LogP contribution in [0.3, 0.4) is 0 Å². The van der Waals surface area contributed by atoms with E-state index in [1.807, 2.05) is 48.5 Å². The summed E-state index contributed by atoms with van der Waals surface area (Å²) >= 11 is -0.530. The SMILES string of the molecule is O=c1ccc2ccc([I+]c3ccc4oc5ccccc5c(=O)c4c3)cc2o1.[Br-]. The molecule has 0 bridgehead atoms. The average molecular weight is 547 g/mol. The van der Waals surface area contributed by atoms with Crippen LogP contribution in [-0.4, -0.2) is 0 Å². The van der Waals surface area contributed by atoms with Crippen molar-refractivity contribution in [2.75, 3.05) is 0 Å². The Kier molecular flexibility index (Phi) is 5.07. The molecule has 0 aliphatic rings. The molecule has 0 aliphatic carbocycles. The molecule has 0 saturated heterocycles. The number of fused-ring (bicyclic) bond motifs is 3. The summed E-state index contributed by atoms with van der Waals surface area (Å²) in [4.78, 5) is 24.2. The van der Waals surface area contributed by atoms with Crippen molar-refractivity contribution >= 4 is 32.9 Å². The van der Waals surface area contributed by atoms with Crippen LogP contribution in [0.5, 0.6) is 0 Å². The lowest BCUT2D eigenvalue weighted by atomic mass is 10.1. The molecule has 5 aromatic rings. The standard InChI is InChI=1S/C22H12IO4.BrH/c24-21-10-6-13-5-7-15(12-20(13)27-21)23-14-8-9-19-17(11-14)22(25)16-3-1-2-4-18(16)26-19;/h1-12H;1H/q+1;/p-1. The van der Waals surface area contributed by atoms with E-state index in [1.54, 1.807) is 18.2 Å². The van der Waals surface area contributed by atoms with Gasteiger partial charge in [-0.1, -0.05) is 12.1 Å². The lowest BCUT2D eigenvalue weighted by molar-refractivity contribution is -0.597. The highest BCUT2D eigenvalue weighted by molar-refractivity contribution is 5.89. The molecule has 0 N–H and O–H groups in total. The number of benzene rings is 3.